The smallest absolute Gasteiger partial charge is 0.219 e. The number of carbonyl (C=O) groups excluding carboxylic acids is 2. The molecule has 0 aromatic carbocycles. The van der Waals surface area contributed by atoms with Crippen LogP contribution >= 0.6 is 0 Å². The molecule has 2 saturated heterocycles. The van der Waals surface area contributed by atoms with Gasteiger partial charge in [-0.15, -0.1) is 0 Å². The number of piperidine rings is 2. The van der Waals surface area contributed by atoms with Crippen LogP contribution in [0.3, 0.4) is 0 Å². The average molecular weight is 238 g/mol. The first kappa shape index (κ1) is 12.4. The lowest BCUT2D eigenvalue weighted by Gasteiger charge is -2.46. The molecule has 0 atom stereocenters. The molecule has 2 aliphatic rings. The number of hydrogen-bond donors (Lipinski definition) is 0. The Labute approximate surface area is 103 Å². The fourth-order valence-corrected chi connectivity index (χ4v) is 3.09. The zero-order valence-electron chi connectivity index (χ0n) is 10.9. The molecule has 0 aliphatic carbocycles. The van der Waals surface area contributed by atoms with Crippen molar-refractivity contribution in [3.63, 3.8) is 0 Å². The van der Waals surface area contributed by atoms with Crippen LogP contribution in [0.5, 0.6) is 0 Å². The Hall–Kier alpha value is -1.06. The molecule has 2 fully saturated rings. The summed E-state index contributed by atoms with van der Waals surface area (Å²) in [5.41, 5.74) is 0.401. The van der Waals surface area contributed by atoms with E-state index in [2.05, 4.69) is 0 Å². The van der Waals surface area contributed by atoms with Crippen molar-refractivity contribution in [3.05, 3.63) is 0 Å². The van der Waals surface area contributed by atoms with E-state index in [1.807, 2.05) is 9.80 Å². The minimum atomic E-state index is 0.195. The highest BCUT2D eigenvalue weighted by molar-refractivity contribution is 5.73. The van der Waals surface area contributed by atoms with Crippen LogP contribution in [0.15, 0.2) is 0 Å². The first-order valence-electron chi connectivity index (χ1n) is 6.53. The number of rotatable bonds is 0. The van der Waals surface area contributed by atoms with Crippen molar-refractivity contribution in [2.75, 3.05) is 26.2 Å². The standard InChI is InChI=1S/C13H22N2O2/c1-11(16)14-7-3-13(4-8-14)5-9-15(10-6-13)12(2)17/h3-10H2,1-2H3. The summed E-state index contributed by atoms with van der Waals surface area (Å²) in [5, 5.41) is 0. The van der Waals surface area contributed by atoms with Crippen molar-refractivity contribution in [1.82, 2.24) is 9.80 Å². The molecule has 17 heavy (non-hydrogen) atoms. The Morgan fingerprint density at radius 2 is 1.06 bits per heavy atom. The summed E-state index contributed by atoms with van der Waals surface area (Å²) in [5.74, 6) is 0.391. The third-order valence-electron chi connectivity index (χ3n) is 4.54. The maximum atomic E-state index is 11.3. The maximum Gasteiger partial charge on any atom is 0.219 e. The van der Waals surface area contributed by atoms with Crippen LogP contribution in [0.4, 0.5) is 0 Å². The van der Waals surface area contributed by atoms with Gasteiger partial charge in [0.1, 0.15) is 0 Å². The molecule has 0 aromatic heterocycles. The van der Waals surface area contributed by atoms with Crippen LogP contribution < -0.4 is 0 Å². The quantitative estimate of drug-likeness (QED) is 0.637. The van der Waals surface area contributed by atoms with Crippen LogP contribution in [0.25, 0.3) is 0 Å². The van der Waals surface area contributed by atoms with Crippen LogP contribution in [-0.4, -0.2) is 47.8 Å². The van der Waals surface area contributed by atoms with Gasteiger partial charge >= 0.3 is 0 Å². The Kier molecular flexibility index (Phi) is 3.40. The van der Waals surface area contributed by atoms with Gasteiger partial charge in [0.05, 0.1) is 0 Å². The summed E-state index contributed by atoms with van der Waals surface area (Å²) in [6, 6.07) is 0. The Morgan fingerprint density at radius 1 is 0.765 bits per heavy atom. The summed E-state index contributed by atoms with van der Waals surface area (Å²) in [6.07, 6.45) is 4.44. The summed E-state index contributed by atoms with van der Waals surface area (Å²) in [6.45, 7) is 6.89. The molecule has 0 N–H and O–H groups in total. The molecule has 0 unspecified atom stereocenters. The van der Waals surface area contributed by atoms with Crippen molar-refractivity contribution in [2.45, 2.75) is 39.5 Å². The number of nitrogens with zero attached hydrogens (tertiary/aromatic N) is 2. The van der Waals surface area contributed by atoms with Gasteiger partial charge in [-0.1, -0.05) is 0 Å². The van der Waals surface area contributed by atoms with E-state index in [4.69, 9.17) is 0 Å². The van der Waals surface area contributed by atoms with Gasteiger partial charge in [-0.25, -0.2) is 0 Å². The molecule has 0 radical (unpaired) electrons. The van der Waals surface area contributed by atoms with Gasteiger partial charge < -0.3 is 9.80 Å². The van der Waals surface area contributed by atoms with E-state index in [9.17, 15) is 9.59 Å². The molecular weight excluding hydrogens is 216 g/mol. The topological polar surface area (TPSA) is 40.6 Å². The SMILES string of the molecule is CC(=O)N1CCC2(CC1)CCN(C(C)=O)CC2. The zero-order valence-corrected chi connectivity index (χ0v) is 10.9. The lowest BCUT2D eigenvalue weighted by Crippen LogP contribution is -2.48. The van der Waals surface area contributed by atoms with E-state index in [0.29, 0.717) is 5.41 Å². The molecule has 0 aromatic rings. The first-order chi connectivity index (χ1) is 8.02. The molecule has 96 valence electrons. The molecule has 2 rings (SSSR count). The molecule has 2 aliphatic heterocycles. The Bertz CT molecular complexity index is 276. The second-order valence-corrected chi connectivity index (χ2v) is 5.51. The lowest BCUT2D eigenvalue weighted by molar-refractivity contribution is -0.133. The number of hydrogen-bond acceptors (Lipinski definition) is 2. The fraction of sp³-hybridized carbons (Fsp3) is 0.846. The van der Waals surface area contributed by atoms with Gasteiger partial charge in [-0.3, -0.25) is 9.59 Å². The van der Waals surface area contributed by atoms with Crippen LogP contribution in [0.2, 0.25) is 0 Å². The predicted molar refractivity (Wildman–Crippen MR) is 65.4 cm³/mol. The monoisotopic (exact) mass is 238 g/mol. The number of amides is 2. The van der Waals surface area contributed by atoms with Crippen LogP contribution in [0, 0.1) is 5.41 Å². The highest BCUT2D eigenvalue weighted by Gasteiger charge is 2.38. The third-order valence-corrected chi connectivity index (χ3v) is 4.54. The summed E-state index contributed by atoms with van der Waals surface area (Å²) < 4.78 is 0. The third kappa shape index (κ3) is 2.61. The molecule has 4 heteroatoms. The average Bonchev–Trinajstić information content (AvgIpc) is 2.30. The van der Waals surface area contributed by atoms with Gasteiger partial charge in [-0.05, 0) is 31.1 Å². The Morgan fingerprint density at radius 3 is 1.29 bits per heavy atom. The predicted octanol–water partition coefficient (Wildman–Crippen LogP) is 1.26. The number of likely N-dealkylation sites (tertiary alicyclic amines) is 2. The normalized spacial score (nSPS) is 23.9. The van der Waals surface area contributed by atoms with Gasteiger partial charge in [0.2, 0.25) is 11.8 Å². The molecule has 0 bridgehead atoms. The van der Waals surface area contributed by atoms with Crippen molar-refractivity contribution in [3.8, 4) is 0 Å². The second-order valence-electron chi connectivity index (χ2n) is 5.51. The van der Waals surface area contributed by atoms with Gasteiger partial charge in [-0.2, -0.15) is 0 Å². The lowest BCUT2D eigenvalue weighted by atomic mass is 9.71. The van der Waals surface area contributed by atoms with Gasteiger partial charge in [0.25, 0.3) is 0 Å². The molecule has 0 saturated carbocycles. The molecular formula is C13H22N2O2. The maximum absolute atomic E-state index is 11.3. The van der Waals surface area contributed by atoms with Crippen molar-refractivity contribution in [1.29, 1.82) is 0 Å². The van der Waals surface area contributed by atoms with E-state index in [-0.39, 0.29) is 11.8 Å². The van der Waals surface area contributed by atoms with Gasteiger partial charge in [0, 0.05) is 40.0 Å². The Balaban J connectivity index is 1.88. The number of carbonyl (C=O) groups is 2. The second kappa shape index (κ2) is 4.67. The van der Waals surface area contributed by atoms with Crippen molar-refractivity contribution < 1.29 is 9.59 Å². The zero-order chi connectivity index (χ0) is 12.5. The summed E-state index contributed by atoms with van der Waals surface area (Å²) >= 11 is 0. The molecule has 2 amide bonds. The minimum Gasteiger partial charge on any atom is -0.343 e. The molecule has 1 spiro atoms. The summed E-state index contributed by atoms with van der Waals surface area (Å²) in [4.78, 5) is 26.5. The largest absolute Gasteiger partial charge is 0.343 e. The van der Waals surface area contributed by atoms with E-state index < -0.39 is 0 Å². The van der Waals surface area contributed by atoms with Crippen LogP contribution in [0.1, 0.15) is 39.5 Å². The molecule has 2 heterocycles. The fourth-order valence-electron chi connectivity index (χ4n) is 3.09. The van der Waals surface area contributed by atoms with Crippen molar-refractivity contribution in [2.24, 2.45) is 5.41 Å². The highest BCUT2D eigenvalue weighted by atomic mass is 16.2. The van der Waals surface area contributed by atoms with E-state index in [1.165, 1.54) is 0 Å². The summed E-state index contributed by atoms with van der Waals surface area (Å²) in [7, 11) is 0. The first-order valence-corrected chi connectivity index (χ1v) is 6.53. The van der Waals surface area contributed by atoms with Crippen LogP contribution in [-0.2, 0) is 9.59 Å². The molecule has 4 nitrogen and oxygen atoms in total. The van der Waals surface area contributed by atoms with Gasteiger partial charge in [0.15, 0.2) is 0 Å². The van der Waals surface area contributed by atoms with E-state index in [0.717, 1.165) is 51.9 Å². The minimum absolute atomic E-state index is 0.195. The van der Waals surface area contributed by atoms with Crippen molar-refractivity contribution >= 4 is 11.8 Å². The highest BCUT2D eigenvalue weighted by Crippen LogP contribution is 2.41. The van der Waals surface area contributed by atoms with E-state index in [1.54, 1.807) is 13.8 Å². The van der Waals surface area contributed by atoms with E-state index >= 15 is 0 Å².